The fourth-order valence-electron chi connectivity index (χ4n) is 3.00. The number of hydrogen-bond donors (Lipinski definition) is 1. The van der Waals surface area contributed by atoms with Crippen molar-refractivity contribution in [2.75, 3.05) is 18.9 Å². The van der Waals surface area contributed by atoms with Gasteiger partial charge in [0.1, 0.15) is 0 Å². The molecule has 0 radical (unpaired) electrons. The van der Waals surface area contributed by atoms with Crippen molar-refractivity contribution >= 4 is 11.8 Å². The Morgan fingerprint density at radius 3 is 2.67 bits per heavy atom. The average Bonchev–Trinajstić information content (AvgIpc) is 2.72. The predicted octanol–water partition coefficient (Wildman–Crippen LogP) is 3.32. The van der Waals surface area contributed by atoms with Crippen LogP contribution in [0.15, 0.2) is 0 Å². The van der Waals surface area contributed by atoms with Crippen LogP contribution in [-0.4, -0.2) is 36.1 Å². The van der Waals surface area contributed by atoms with E-state index in [1.807, 2.05) is 0 Å². The molecule has 18 heavy (non-hydrogen) atoms. The van der Waals surface area contributed by atoms with E-state index in [9.17, 15) is 13.2 Å². The van der Waals surface area contributed by atoms with Crippen LogP contribution in [0.2, 0.25) is 0 Å². The van der Waals surface area contributed by atoms with Crippen LogP contribution in [0.5, 0.6) is 0 Å². The maximum atomic E-state index is 12.0. The Bertz CT molecular complexity index is 267. The van der Waals surface area contributed by atoms with Gasteiger partial charge >= 0.3 is 5.51 Å². The van der Waals surface area contributed by atoms with Gasteiger partial charge in [0.15, 0.2) is 0 Å². The summed E-state index contributed by atoms with van der Waals surface area (Å²) in [5.41, 5.74) is -4.07. The first-order valence-electron chi connectivity index (χ1n) is 6.57. The molecule has 1 aliphatic heterocycles. The van der Waals surface area contributed by atoms with Crippen LogP contribution in [-0.2, 0) is 4.74 Å². The van der Waals surface area contributed by atoms with Crippen LogP contribution in [0.25, 0.3) is 0 Å². The van der Waals surface area contributed by atoms with E-state index < -0.39 is 5.51 Å². The van der Waals surface area contributed by atoms with Crippen LogP contribution in [0.4, 0.5) is 13.2 Å². The number of alkyl halides is 3. The summed E-state index contributed by atoms with van der Waals surface area (Å²) in [6.07, 6.45) is 6.54. The first-order valence-corrected chi connectivity index (χ1v) is 7.56. The molecular formula is C12H20F3NOS. The molecule has 1 spiro atoms. The van der Waals surface area contributed by atoms with Gasteiger partial charge in [-0.05, 0) is 37.4 Å². The molecule has 1 aliphatic carbocycles. The molecule has 1 unspecified atom stereocenters. The molecule has 1 N–H and O–H groups in total. The summed E-state index contributed by atoms with van der Waals surface area (Å²) in [6, 6.07) is 0.325. The molecule has 0 amide bonds. The number of thioether (sulfide) groups is 1. The van der Waals surface area contributed by atoms with Crippen LogP contribution in [0.1, 0.15) is 38.5 Å². The highest BCUT2D eigenvalue weighted by Crippen LogP contribution is 2.40. The van der Waals surface area contributed by atoms with Crippen LogP contribution < -0.4 is 5.32 Å². The maximum Gasteiger partial charge on any atom is 0.441 e. The van der Waals surface area contributed by atoms with Crippen molar-refractivity contribution in [1.29, 1.82) is 0 Å². The molecule has 106 valence electrons. The van der Waals surface area contributed by atoms with Gasteiger partial charge in [-0.1, -0.05) is 12.8 Å². The molecule has 2 aliphatic rings. The number of hydrogen-bond acceptors (Lipinski definition) is 3. The third-order valence-corrected chi connectivity index (χ3v) is 4.54. The standard InChI is InChI=1S/C12H20F3NOS/c13-12(14,15)18-8-6-16-10-3-7-17-11(9-10)4-1-2-5-11/h10,16H,1-9H2. The number of ether oxygens (including phenoxy) is 1. The fourth-order valence-corrected chi connectivity index (χ4v) is 3.45. The van der Waals surface area contributed by atoms with Crippen molar-refractivity contribution in [2.45, 2.75) is 55.7 Å². The lowest BCUT2D eigenvalue weighted by Crippen LogP contribution is -2.46. The maximum absolute atomic E-state index is 12.0. The van der Waals surface area contributed by atoms with Gasteiger partial charge in [0, 0.05) is 24.9 Å². The Morgan fingerprint density at radius 1 is 1.28 bits per heavy atom. The largest absolute Gasteiger partial charge is 0.441 e. The Labute approximate surface area is 110 Å². The molecule has 1 atom stereocenters. The SMILES string of the molecule is FC(F)(F)SCCNC1CCOC2(CCCC2)C1. The van der Waals surface area contributed by atoms with Crippen LogP contribution in [0, 0.1) is 0 Å². The van der Waals surface area contributed by atoms with Gasteiger partial charge in [0.2, 0.25) is 0 Å². The topological polar surface area (TPSA) is 21.3 Å². The van der Waals surface area contributed by atoms with E-state index in [1.54, 1.807) is 0 Å². The molecule has 0 aromatic heterocycles. The minimum Gasteiger partial charge on any atom is -0.375 e. The Hall–Kier alpha value is 0.0600. The summed E-state index contributed by atoms with van der Waals surface area (Å²) in [6.45, 7) is 1.16. The lowest BCUT2D eigenvalue weighted by molar-refractivity contribution is -0.0833. The first kappa shape index (κ1) is 14.5. The third-order valence-electron chi connectivity index (χ3n) is 3.81. The highest BCUT2D eigenvalue weighted by atomic mass is 32.2. The van der Waals surface area contributed by atoms with Gasteiger partial charge in [-0.2, -0.15) is 13.2 Å². The number of halogens is 3. The smallest absolute Gasteiger partial charge is 0.375 e. The first-order chi connectivity index (χ1) is 8.49. The lowest BCUT2D eigenvalue weighted by Gasteiger charge is -2.38. The molecule has 6 heteroatoms. The van der Waals surface area contributed by atoms with Crippen molar-refractivity contribution in [3.05, 3.63) is 0 Å². The van der Waals surface area contributed by atoms with Crippen LogP contribution in [0.3, 0.4) is 0 Å². The molecule has 2 nitrogen and oxygen atoms in total. The highest BCUT2D eigenvalue weighted by molar-refractivity contribution is 8.00. The summed E-state index contributed by atoms with van der Waals surface area (Å²) < 4.78 is 41.8. The fraction of sp³-hybridized carbons (Fsp3) is 1.00. The third kappa shape index (κ3) is 4.31. The second kappa shape index (κ2) is 6.01. The van der Waals surface area contributed by atoms with Crippen molar-refractivity contribution in [3.8, 4) is 0 Å². The molecule has 2 rings (SSSR count). The summed E-state index contributed by atoms with van der Waals surface area (Å²) in [5.74, 6) is 0.0911. The summed E-state index contributed by atoms with van der Waals surface area (Å²) in [5, 5.41) is 3.24. The van der Waals surface area contributed by atoms with Gasteiger partial charge in [-0.15, -0.1) is 0 Å². The summed E-state index contributed by atoms with van der Waals surface area (Å²) >= 11 is 0.0521. The van der Waals surface area contributed by atoms with E-state index in [4.69, 9.17) is 4.74 Å². The van der Waals surface area contributed by atoms with Crippen molar-refractivity contribution in [3.63, 3.8) is 0 Å². The molecule has 2 fully saturated rings. The minimum absolute atomic E-state index is 0.0348. The van der Waals surface area contributed by atoms with E-state index >= 15 is 0 Å². The van der Waals surface area contributed by atoms with Gasteiger partial charge < -0.3 is 10.1 Å². The van der Waals surface area contributed by atoms with Gasteiger partial charge in [0.05, 0.1) is 5.60 Å². The van der Waals surface area contributed by atoms with Crippen molar-refractivity contribution in [1.82, 2.24) is 5.32 Å². The lowest BCUT2D eigenvalue weighted by atomic mass is 9.89. The van der Waals surface area contributed by atoms with Crippen molar-refractivity contribution < 1.29 is 17.9 Å². The van der Waals surface area contributed by atoms with E-state index in [0.29, 0.717) is 12.6 Å². The molecular weight excluding hydrogens is 263 g/mol. The zero-order chi connectivity index (χ0) is 13.1. The Kier molecular flexibility index (Phi) is 4.83. The molecule has 1 saturated carbocycles. The quantitative estimate of drug-likeness (QED) is 0.800. The van der Waals surface area contributed by atoms with Gasteiger partial charge in [-0.25, -0.2) is 0 Å². The normalized spacial score (nSPS) is 27.8. The van der Waals surface area contributed by atoms with Gasteiger partial charge in [0.25, 0.3) is 0 Å². The molecule has 1 saturated heterocycles. The Morgan fingerprint density at radius 2 is 2.00 bits per heavy atom. The van der Waals surface area contributed by atoms with E-state index in [0.717, 1.165) is 32.3 Å². The second-order valence-corrected chi connectivity index (χ2v) is 6.34. The monoisotopic (exact) mass is 283 g/mol. The second-order valence-electron chi connectivity index (χ2n) is 5.18. The zero-order valence-electron chi connectivity index (χ0n) is 10.4. The molecule has 1 heterocycles. The minimum atomic E-state index is -4.11. The van der Waals surface area contributed by atoms with Gasteiger partial charge in [-0.3, -0.25) is 0 Å². The van der Waals surface area contributed by atoms with Crippen molar-refractivity contribution in [2.24, 2.45) is 0 Å². The van der Waals surface area contributed by atoms with E-state index in [1.165, 1.54) is 12.8 Å². The predicted molar refractivity (Wildman–Crippen MR) is 66.7 cm³/mol. The highest BCUT2D eigenvalue weighted by Gasteiger charge is 2.39. The van der Waals surface area contributed by atoms with E-state index in [2.05, 4.69) is 5.32 Å². The summed E-state index contributed by atoms with van der Waals surface area (Å²) in [7, 11) is 0. The molecule has 0 bridgehead atoms. The zero-order valence-corrected chi connectivity index (χ0v) is 11.2. The van der Waals surface area contributed by atoms with Crippen LogP contribution >= 0.6 is 11.8 Å². The molecule has 0 aromatic rings. The number of rotatable bonds is 4. The molecule has 0 aromatic carbocycles. The average molecular weight is 283 g/mol. The Balaban J connectivity index is 1.67. The number of nitrogens with one attached hydrogen (secondary N) is 1. The van der Waals surface area contributed by atoms with E-state index in [-0.39, 0.29) is 23.1 Å². The summed E-state index contributed by atoms with van der Waals surface area (Å²) in [4.78, 5) is 0.